The molecular weight excluding hydrogens is 998 g/mol. The van der Waals surface area contributed by atoms with Crippen LogP contribution in [0, 0.1) is 22.7 Å². The van der Waals surface area contributed by atoms with Crippen molar-refractivity contribution in [3.05, 3.63) is 114 Å². The second-order valence-corrected chi connectivity index (χ2v) is 21.5. The van der Waals surface area contributed by atoms with Crippen molar-refractivity contribution in [3.8, 4) is 29.9 Å². The maximum atomic E-state index is 12.3. The molecule has 2 aromatic heterocycles. The van der Waals surface area contributed by atoms with Gasteiger partial charge < -0.3 is 48.5 Å². The summed E-state index contributed by atoms with van der Waals surface area (Å²) >= 11 is 0. The molecule has 79 heavy (non-hydrogen) atoms. The highest BCUT2D eigenvalue weighted by Gasteiger charge is 2.36. The van der Waals surface area contributed by atoms with E-state index in [9.17, 15) is 15.3 Å². The Morgan fingerprint density at radius 3 is 1.81 bits per heavy atom. The summed E-state index contributed by atoms with van der Waals surface area (Å²) in [6.07, 6.45) is 10.5. The summed E-state index contributed by atoms with van der Waals surface area (Å²) < 4.78 is 18.3. The first-order valence-electron chi connectivity index (χ1n) is 27.9. The minimum absolute atomic E-state index is 0. The van der Waals surface area contributed by atoms with E-state index in [-0.39, 0.29) is 16.7 Å². The predicted molar refractivity (Wildman–Crippen MR) is 307 cm³/mol. The van der Waals surface area contributed by atoms with E-state index in [1.807, 2.05) is 17.0 Å². The highest BCUT2D eigenvalue weighted by atomic mass is 19.0. The van der Waals surface area contributed by atoms with Gasteiger partial charge in [0, 0.05) is 78.1 Å². The number of nitriles is 2. The summed E-state index contributed by atoms with van der Waals surface area (Å²) in [6.45, 7) is 12.0. The van der Waals surface area contributed by atoms with Gasteiger partial charge in [0.1, 0.15) is 42.7 Å². The molecule has 17 nitrogen and oxygen atoms in total. The van der Waals surface area contributed by atoms with Crippen LogP contribution >= 0.6 is 0 Å². The van der Waals surface area contributed by atoms with Crippen molar-refractivity contribution in [2.45, 2.75) is 95.0 Å². The Labute approximate surface area is 463 Å². The molecule has 12 rings (SSSR count). The first kappa shape index (κ1) is 54.6. The summed E-state index contributed by atoms with van der Waals surface area (Å²) in [5.41, 5.74) is 6.47. The lowest BCUT2D eigenvalue weighted by atomic mass is 9.99. The minimum Gasteiger partial charge on any atom is -0.496 e. The van der Waals surface area contributed by atoms with Gasteiger partial charge in [0.15, 0.2) is 0 Å². The molecule has 0 unspecified atom stereocenters. The number of likely N-dealkylation sites (N-methyl/N-ethyl adjacent to an activating group) is 2. The highest BCUT2D eigenvalue weighted by molar-refractivity contribution is 5.99. The maximum Gasteiger partial charge on any atom is 0.318 e. The third-order valence-electron chi connectivity index (χ3n) is 16.9. The molecule has 6 aliphatic heterocycles. The Kier molecular flexibility index (Phi) is 16.9. The number of halogens is 1. The van der Waals surface area contributed by atoms with Crippen LogP contribution < -0.4 is 33.8 Å². The molecule has 0 radical (unpaired) electrons. The lowest BCUT2D eigenvalue weighted by molar-refractivity contribution is -0.126. The molecule has 412 valence electrons. The van der Waals surface area contributed by atoms with Gasteiger partial charge in [0.2, 0.25) is 5.91 Å². The zero-order valence-corrected chi connectivity index (χ0v) is 45.8. The standard InChI is InChI=1S/C32H37N7O3.C29H34N6O.FH/c1-4-29(40)38-16-17-39(24(18-33)19-38)31-25-13-15-37(27-11-5-8-22-9-6-12-28(41-3)30(22)27)20-26(25)34-32(35-31)42-21-23-10-7-14-36(23)2;1-33-15-7-11-23(33)20-36-29-31-26-19-34(27-13-6-9-21-8-2-3-12-24(21)27)17-14-25(26)28(32-29)35-16-5-4-10-22(35)18-30;/h4-6,8-9,11-12,23-24H,1,7,10,13-17,19-21H2,2-3H3;2-3,6,8-9,12-13,22-23H,4-5,7,10-11,14-17,19-20H2,1H3;1H/t23-,24-;22-,23+;/m01./s1. The highest BCUT2D eigenvalue weighted by Crippen LogP contribution is 2.40. The Hall–Kier alpha value is -7.80. The van der Waals surface area contributed by atoms with E-state index in [1.54, 1.807) is 12.0 Å². The Morgan fingerprint density at radius 1 is 0.646 bits per heavy atom. The Bertz CT molecular complexity index is 3250. The number of benzene rings is 4. The largest absolute Gasteiger partial charge is 0.496 e. The number of piperidine rings is 1. The van der Waals surface area contributed by atoms with Crippen molar-refractivity contribution in [1.29, 1.82) is 10.5 Å². The third-order valence-corrected chi connectivity index (χ3v) is 16.9. The molecule has 4 saturated heterocycles. The number of nitrogens with zero attached hydrogens (tertiary/aromatic N) is 13. The van der Waals surface area contributed by atoms with E-state index >= 15 is 0 Å². The van der Waals surface area contributed by atoms with E-state index in [0.29, 0.717) is 76.5 Å². The first-order valence-corrected chi connectivity index (χ1v) is 27.9. The van der Waals surface area contributed by atoms with E-state index in [4.69, 9.17) is 34.1 Å². The van der Waals surface area contributed by atoms with Crippen LogP contribution in [0.15, 0.2) is 91.5 Å². The molecule has 0 saturated carbocycles. The molecule has 4 fully saturated rings. The Morgan fingerprint density at radius 2 is 1.22 bits per heavy atom. The van der Waals surface area contributed by atoms with Crippen LogP contribution in [0.1, 0.15) is 67.5 Å². The lowest BCUT2D eigenvalue weighted by Crippen LogP contribution is -2.54. The number of hydrogen-bond donors (Lipinski definition) is 0. The van der Waals surface area contributed by atoms with Crippen LogP contribution in [0.5, 0.6) is 17.8 Å². The van der Waals surface area contributed by atoms with Gasteiger partial charge in [-0.3, -0.25) is 9.50 Å². The average Bonchev–Trinajstić information content (AvgIpc) is 4.21. The molecule has 6 aliphatic rings. The summed E-state index contributed by atoms with van der Waals surface area (Å²) in [4.78, 5) is 47.4. The van der Waals surface area contributed by atoms with E-state index < -0.39 is 6.04 Å². The second kappa shape index (κ2) is 24.5. The first-order chi connectivity index (χ1) is 38.2. The number of ether oxygens (including phenoxy) is 3. The van der Waals surface area contributed by atoms with Gasteiger partial charge >= 0.3 is 12.0 Å². The molecule has 6 aromatic rings. The summed E-state index contributed by atoms with van der Waals surface area (Å²) in [7, 11) is 5.99. The van der Waals surface area contributed by atoms with Crippen molar-refractivity contribution < 1.29 is 23.7 Å². The monoisotopic (exact) mass is 1070 g/mol. The second-order valence-electron chi connectivity index (χ2n) is 21.5. The average molecular weight is 1070 g/mol. The summed E-state index contributed by atoms with van der Waals surface area (Å²) in [6, 6.07) is 33.3. The molecular formula is C61H72FN13O4. The third kappa shape index (κ3) is 11.4. The summed E-state index contributed by atoms with van der Waals surface area (Å²) in [5, 5.41) is 24.7. The molecule has 0 aliphatic carbocycles. The van der Waals surface area contributed by atoms with Gasteiger partial charge in [-0.1, -0.05) is 67.2 Å². The van der Waals surface area contributed by atoms with Crippen molar-refractivity contribution in [2.24, 2.45) is 0 Å². The van der Waals surface area contributed by atoms with Crippen LogP contribution in [-0.2, 0) is 30.7 Å². The quantitative estimate of drug-likeness (QED) is 0.108. The number of fused-ring (bicyclic) bond motifs is 4. The minimum atomic E-state index is -0.532. The normalized spacial score (nSPS) is 21.3. The number of methoxy groups -OCH3 is 1. The smallest absolute Gasteiger partial charge is 0.318 e. The molecule has 8 heterocycles. The zero-order chi connectivity index (χ0) is 53.7. The number of amides is 1. The molecule has 4 aromatic carbocycles. The molecule has 0 N–H and O–H groups in total. The summed E-state index contributed by atoms with van der Waals surface area (Å²) in [5.74, 6) is 2.33. The number of rotatable bonds is 12. The van der Waals surface area contributed by atoms with Crippen LogP contribution in [0.25, 0.3) is 21.5 Å². The number of piperazine rings is 1. The van der Waals surface area contributed by atoms with Crippen LogP contribution in [0.2, 0.25) is 0 Å². The van der Waals surface area contributed by atoms with E-state index in [1.165, 1.54) is 34.5 Å². The van der Waals surface area contributed by atoms with Gasteiger partial charge in [-0.05, 0) is 120 Å². The van der Waals surface area contributed by atoms with Gasteiger partial charge in [0.25, 0.3) is 0 Å². The van der Waals surface area contributed by atoms with Crippen molar-refractivity contribution in [1.82, 2.24) is 34.6 Å². The van der Waals surface area contributed by atoms with Crippen LogP contribution in [0.4, 0.5) is 27.7 Å². The fourth-order valence-corrected chi connectivity index (χ4v) is 12.5. The number of hydrogen-bond acceptors (Lipinski definition) is 16. The van der Waals surface area contributed by atoms with Crippen molar-refractivity contribution in [3.63, 3.8) is 0 Å². The van der Waals surface area contributed by atoms with E-state index in [2.05, 4.69) is 124 Å². The number of carbonyl (C=O) groups is 1. The van der Waals surface area contributed by atoms with Gasteiger partial charge in [-0.25, -0.2) is 0 Å². The topological polar surface area (TPSA) is 167 Å². The number of aromatic nitrogens is 4. The number of anilines is 4. The van der Waals surface area contributed by atoms with Gasteiger partial charge in [0.05, 0.1) is 50.3 Å². The predicted octanol–water partition coefficient (Wildman–Crippen LogP) is 8.10. The maximum absolute atomic E-state index is 12.3. The zero-order valence-electron chi connectivity index (χ0n) is 45.8. The Balaban J connectivity index is 0.000000178. The van der Waals surface area contributed by atoms with Gasteiger partial charge in [-0.15, -0.1) is 0 Å². The number of carbonyl (C=O) groups excluding carboxylic acids is 1. The SMILES string of the molecule is C=CC(=O)N1CCN(c2nc(OC[C@@H]3CCCN3C)nc3c2CCN(c2cccc4cccc(OC)c24)C3)[C@@H](C#N)C1.CN1CCC[C@H]1COc1nc2c(c(N3CCCC[C@@H]3C#N)n1)CCN(c1cccc3ccccc13)C2.F. The molecule has 18 heteroatoms. The van der Waals surface area contributed by atoms with E-state index in [0.717, 1.165) is 128 Å². The fraction of sp³-hybridized carbons (Fsp3) is 0.459. The van der Waals surface area contributed by atoms with Crippen LogP contribution in [-0.4, -0.2) is 151 Å². The molecule has 0 spiro atoms. The lowest BCUT2D eigenvalue weighted by Gasteiger charge is -2.40. The molecule has 0 bridgehead atoms. The molecule has 4 atom stereocenters. The molecule has 1 amide bonds. The van der Waals surface area contributed by atoms with Gasteiger partial charge in [-0.2, -0.15) is 30.5 Å². The van der Waals surface area contributed by atoms with Crippen molar-refractivity contribution in [2.75, 3.05) is 106 Å². The van der Waals surface area contributed by atoms with Crippen molar-refractivity contribution >= 4 is 50.5 Å². The van der Waals surface area contributed by atoms with Crippen LogP contribution in [0.3, 0.4) is 0 Å². The number of likely N-dealkylation sites (tertiary alicyclic amines) is 2. The fourth-order valence-electron chi connectivity index (χ4n) is 12.5.